The molecule has 0 aliphatic carbocycles. The Morgan fingerprint density at radius 3 is 2.79 bits per heavy atom. The predicted molar refractivity (Wildman–Crippen MR) is 78.1 cm³/mol. The Kier molecular flexibility index (Phi) is 6.48. The number of nitrogens with zero attached hydrogens (tertiary/aromatic N) is 1. The molecule has 0 bridgehead atoms. The second-order valence-electron chi connectivity index (χ2n) is 4.85. The second kappa shape index (κ2) is 7.62. The van der Waals surface area contributed by atoms with E-state index in [9.17, 15) is 9.90 Å². The smallest absolute Gasteiger partial charge is 0.303 e. The highest BCUT2D eigenvalue weighted by molar-refractivity contribution is 9.10. The summed E-state index contributed by atoms with van der Waals surface area (Å²) >= 11 is 3.44. The van der Waals surface area contributed by atoms with E-state index in [4.69, 9.17) is 5.11 Å². The van der Waals surface area contributed by atoms with Crippen LogP contribution in [-0.4, -0.2) is 40.8 Å². The van der Waals surface area contributed by atoms with Crippen molar-refractivity contribution in [3.8, 4) is 0 Å². The fourth-order valence-corrected chi connectivity index (χ4v) is 2.32. The van der Waals surface area contributed by atoms with Crippen molar-refractivity contribution >= 4 is 21.9 Å². The molecule has 4 nitrogen and oxygen atoms in total. The van der Waals surface area contributed by atoms with Gasteiger partial charge in [-0.2, -0.15) is 0 Å². The first kappa shape index (κ1) is 16.1. The maximum absolute atomic E-state index is 10.4. The molecule has 0 radical (unpaired) electrons. The van der Waals surface area contributed by atoms with Crippen molar-refractivity contribution in [3.05, 3.63) is 33.8 Å². The molecule has 0 fully saturated rings. The highest BCUT2D eigenvalue weighted by Gasteiger charge is 2.11. The van der Waals surface area contributed by atoms with Crippen molar-refractivity contribution in [2.45, 2.75) is 32.4 Å². The minimum Gasteiger partial charge on any atom is -0.481 e. The molecule has 0 saturated heterocycles. The van der Waals surface area contributed by atoms with Gasteiger partial charge in [-0.3, -0.25) is 9.69 Å². The molecule has 0 heterocycles. The van der Waals surface area contributed by atoms with Gasteiger partial charge in [0.15, 0.2) is 0 Å². The number of carboxylic acid groups (broad SMARTS) is 1. The third-order valence-electron chi connectivity index (χ3n) is 2.97. The molecule has 0 amide bonds. The van der Waals surface area contributed by atoms with Crippen LogP contribution >= 0.6 is 15.9 Å². The molecule has 5 heteroatoms. The number of aliphatic carboxylic acids is 1. The van der Waals surface area contributed by atoms with Crippen LogP contribution in [0.25, 0.3) is 0 Å². The van der Waals surface area contributed by atoms with Gasteiger partial charge in [0.2, 0.25) is 0 Å². The van der Waals surface area contributed by atoms with Gasteiger partial charge in [-0.25, -0.2) is 0 Å². The van der Waals surface area contributed by atoms with Crippen molar-refractivity contribution in [1.29, 1.82) is 0 Å². The number of carbonyl (C=O) groups is 1. The summed E-state index contributed by atoms with van der Waals surface area (Å²) in [5.41, 5.74) is 2.40. The number of rotatable bonds is 7. The van der Waals surface area contributed by atoms with Gasteiger partial charge in [0, 0.05) is 24.0 Å². The number of aryl methyl sites for hydroxylation is 1. The quantitative estimate of drug-likeness (QED) is 0.806. The van der Waals surface area contributed by atoms with E-state index < -0.39 is 12.1 Å². The minimum absolute atomic E-state index is 0.00488. The number of aliphatic hydroxyl groups is 1. The summed E-state index contributed by atoms with van der Waals surface area (Å²) < 4.78 is 1.04. The number of carboxylic acids is 1. The normalized spacial score (nSPS) is 12.7. The van der Waals surface area contributed by atoms with E-state index in [0.29, 0.717) is 6.54 Å². The van der Waals surface area contributed by atoms with E-state index in [1.54, 1.807) is 0 Å². The van der Waals surface area contributed by atoms with Crippen molar-refractivity contribution < 1.29 is 15.0 Å². The van der Waals surface area contributed by atoms with E-state index in [-0.39, 0.29) is 12.8 Å². The van der Waals surface area contributed by atoms with Crippen LogP contribution in [0.5, 0.6) is 0 Å². The maximum Gasteiger partial charge on any atom is 0.303 e. The monoisotopic (exact) mass is 329 g/mol. The lowest BCUT2D eigenvalue weighted by atomic mass is 10.1. The Labute approximate surface area is 122 Å². The molecule has 1 unspecified atom stereocenters. The molecule has 106 valence electrons. The summed E-state index contributed by atoms with van der Waals surface area (Å²) in [7, 11) is 1.92. The molecule has 0 aliphatic rings. The average Bonchev–Trinajstić information content (AvgIpc) is 2.31. The van der Waals surface area contributed by atoms with Gasteiger partial charge in [0.25, 0.3) is 0 Å². The maximum atomic E-state index is 10.4. The largest absolute Gasteiger partial charge is 0.481 e. The summed E-state index contributed by atoms with van der Waals surface area (Å²) in [5.74, 6) is -0.871. The lowest BCUT2D eigenvalue weighted by molar-refractivity contribution is -0.137. The zero-order chi connectivity index (χ0) is 14.4. The zero-order valence-corrected chi connectivity index (χ0v) is 12.9. The van der Waals surface area contributed by atoms with Gasteiger partial charge in [-0.15, -0.1) is 0 Å². The molecule has 0 aromatic heterocycles. The molecule has 1 atom stereocenters. The van der Waals surface area contributed by atoms with Crippen LogP contribution in [0.4, 0.5) is 0 Å². The van der Waals surface area contributed by atoms with Gasteiger partial charge in [-0.05, 0) is 43.7 Å². The van der Waals surface area contributed by atoms with Gasteiger partial charge in [-0.1, -0.05) is 22.0 Å². The molecule has 1 rings (SSSR count). The van der Waals surface area contributed by atoms with Crippen LogP contribution in [0, 0.1) is 6.92 Å². The van der Waals surface area contributed by atoms with Crippen LogP contribution in [0.2, 0.25) is 0 Å². The molecule has 19 heavy (non-hydrogen) atoms. The van der Waals surface area contributed by atoms with E-state index in [1.165, 1.54) is 11.1 Å². The highest BCUT2D eigenvalue weighted by atomic mass is 79.9. The fourth-order valence-electron chi connectivity index (χ4n) is 1.91. The van der Waals surface area contributed by atoms with E-state index >= 15 is 0 Å². The van der Waals surface area contributed by atoms with Crippen LogP contribution in [0.1, 0.15) is 24.0 Å². The average molecular weight is 330 g/mol. The summed E-state index contributed by atoms with van der Waals surface area (Å²) in [5, 5.41) is 18.3. The first-order valence-corrected chi connectivity index (χ1v) is 7.01. The third-order valence-corrected chi connectivity index (χ3v) is 3.46. The van der Waals surface area contributed by atoms with Crippen LogP contribution in [0.3, 0.4) is 0 Å². The van der Waals surface area contributed by atoms with Crippen LogP contribution in [-0.2, 0) is 11.3 Å². The second-order valence-corrected chi connectivity index (χ2v) is 5.77. The first-order valence-electron chi connectivity index (χ1n) is 6.22. The van der Waals surface area contributed by atoms with Gasteiger partial charge < -0.3 is 10.2 Å². The van der Waals surface area contributed by atoms with Crippen molar-refractivity contribution in [2.75, 3.05) is 13.6 Å². The Balaban J connectivity index is 2.48. The molecule has 0 aliphatic heterocycles. The molecule has 0 spiro atoms. The van der Waals surface area contributed by atoms with Crippen LogP contribution < -0.4 is 0 Å². The first-order chi connectivity index (χ1) is 8.88. The molecule has 1 aromatic rings. The minimum atomic E-state index is -0.871. The number of benzene rings is 1. The Morgan fingerprint density at radius 2 is 2.16 bits per heavy atom. The van der Waals surface area contributed by atoms with E-state index in [1.807, 2.05) is 24.1 Å². The van der Waals surface area contributed by atoms with Crippen LogP contribution in [0.15, 0.2) is 22.7 Å². The Morgan fingerprint density at radius 1 is 1.47 bits per heavy atom. The summed E-state index contributed by atoms with van der Waals surface area (Å²) in [4.78, 5) is 12.4. The molecule has 0 saturated carbocycles. The van der Waals surface area contributed by atoms with E-state index in [0.717, 1.165) is 11.0 Å². The SMILES string of the molecule is Cc1ccc(Br)cc1CN(C)CC(O)CCC(=O)O. The standard InChI is InChI=1S/C14H20BrNO3/c1-10-3-4-12(15)7-11(10)8-16(2)9-13(17)5-6-14(18)19/h3-4,7,13,17H,5-6,8-9H2,1-2H3,(H,18,19). The van der Waals surface area contributed by atoms with Crippen molar-refractivity contribution in [1.82, 2.24) is 4.90 Å². The number of aliphatic hydroxyl groups excluding tert-OH is 1. The van der Waals surface area contributed by atoms with Crippen molar-refractivity contribution in [3.63, 3.8) is 0 Å². The topological polar surface area (TPSA) is 60.8 Å². The summed E-state index contributed by atoms with van der Waals surface area (Å²) in [6, 6.07) is 6.12. The molecule has 2 N–H and O–H groups in total. The number of halogens is 1. The van der Waals surface area contributed by atoms with E-state index in [2.05, 4.69) is 28.9 Å². The predicted octanol–water partition coefficient (Wildman–Crippen LogP) is 2.42. The molecule has 1 aromatic carbocycles. The lowest BCUT2D eigenvalue weighted by Crippen LogP contribution is -2.29. The number of hydrogen-bond donors (Lipinski definition) is 2. The fraction of sp³-hybridized carbons (Fsp3) is 0.500. The molecular formula is C14H20BrNO3. The van der Waals surface area contributed by atoms with Gasteiger partial charge >= 0.3 is 5.97 Å². The van der Waals surface area contributed by atoms with Gasteiger partial charge in [0.1, 0.15) is 0 Å². The summed E-state index contributed by atoms with van der Waals surface area (Å²) in [6.07, 6.45) is -0.309. The van der Waals surface area contributed by atoms with Gasteiger partial charge in [0.05, 0.1) is 6.10 Å². The highest BCUT2D eigenvalue weighted by Crippen LogP contribution is 2.17. The number of hydrogen-bond acceptors (Lipinski definition) is 3. The lowest BCUT2D eigenvalue weighted by Gasteiger charge is -2.21. The van der Waals surface area contributed by atoms with Crippen molar-refractivity contribution in [2.24, 2.45) is 0 Å². The third kappa shape index (κ3) is 6.18. The Bertz CT molecular complexity index is 437. The Hall–Kier alpha value is -0.910. The zero-order valence-electron chi connectivity index (χ0n) is 11.3. The molecular weight excluding hydrogens is 310 g/mol. The number of likely N-dealkylation sites (N-methyl/N-ethyl adjacent to an activating group) is 1. The summed E-state index contributed by atoms with van der Waals surface area (Å²) in [6.45, 7) is 3.26.